The maximum absolute atomic E-state index is 12.0. The van der Waals surface area contributed by atoms with Gasteiger partial charge in [0.05, 0.1) is 22.2 Å². The predicted molar refractivity (Wildman–Crippen MR) is 87.3 cm³/mol. The Morgan fingerprint density at radius 2 is 1.92 bits per heavy atom. The minimum Gasteiger partial charge on any atom is -0.407 e. The zero-order chi connectivity index (χ0) is 17.5. The topological polar surface area (TPSA) is 87.3 Å². The number of ether oxygens (including phenoxy) is 1. The van der Waals surface area contributed by atoms with Gasteiger partial charge in [0.2, 0.25) is 5.88 Å². The lowest BCUT2D eigenvalue weighted by atomic mass is 9.93. The van der Waals surface area contributed by atoms with Crippen molar-refractivity contribution in [1.29, 1.82) is 0 Å². The number of nitro benzene ring substituents is 1. The molecule has 0 aliphatic heterocycles. The largest absolute Gasteiger partial charge is 0.407 e. The highest BCUT2D eigenvalue weighted by Gasteiger charge is 2.33. The number of benzene rings is 1. The van der Waals surface area contributed by atoms with Crippen LogP contribution >= 0.6 is 0 Å². The molecule has 2 aromatic rings. The molecule has 1 saturated carbocycles. The molecule has 0 atom stereocenters. The van der Waals surface area contributed by atoms with E-state index in [9.17, 15) is 14.9 Å². The molecule has 0 radical (unpaired) electrons. The summed E-state index contributed by atoms with van der Waals surface area (Å²) in [4.78, 5) is 22.3. The molecule has 0 bridgehead atoms. The fourth-order valence-electron chi connectivity index (χ4n) is 2.21. The summed E-state index contributed by atoms with van der Waals surface area (Å²) >= 11 is 0. The predicted octanol–water partition coefficient (Wildman–Crippen LogP) is 3.39. The summed E-state index contributed by atoms with van der Waals surface area (Å²) in [5, 5.41) is 15.3. The van der Waals surface area contributed by atoms with E-state index in [-0.39, 0.29) is 23.0 Å². The third-order valence-corrected chi connectivity index (χ3v) is 3.87. The van der Waals surface area contributed by atoms with Crippen LogP contribution in [0.2, 0.25) is 0 Å². The van der Waals surface area contributed by atoms with E-state index in [0.29, 0.717) is 11.6 Å². The molecule has 1 aromatic carbocycles. The summed E-state index contributed by atoms with van der Waals surface area (Å²) in [6, 6.07) is 7.74. The first-order valence-corrected chi connectivity index (χ1v) is 7.83. The maximum Gasteiger partial charge on any atom is 0.315 e. The second-order valence-electron chi connectivity index (χ2n) is 7.00. The number of aromatic nitrogens is 2. The second-order valence-corrected chi connectivity index (χ2v) is 7.00. The van der Waals surface area contributed by atoms with E-state index in [1.165, 1.54) is 16.8 Å². The highest BCUT2D eigenvalue weighted by molar-refractivity contribution is 5.77. The fraction of sp³-hybridized carbons (Fsp3) is 0.412. The Labute approximate surface area is 139 Å². The summed E-state index contributed by atoms with van der Waals surface area (Å²) in [5.41, 5.74) is 1.17. The van der Waals surface area contributed by atoms with Crippen LogP contribution in [-0.2, 0) is 10.2 Å². The number of carbonyl (C=O) groups is 1. The van der Waals surface area contributed by atoms with Gasteiger partial charge in [-0.25, -0.2) is 4.68 Å². The van der Waals surface area contributed by atoms with Crippen molar-refractivity contribution >= 4 is 11.7 Å². The number of rotatable bonds is 4. The van der Waals surface area contributed by atoms with E-state index in [2.05, 4.69) is 5.10 Å². The van der Waals surface area contributed by atoms with Crippen molar-refractivity contribution in [3.05, 3.63) is 46.1 Å². The van der Waals surface area contributed by atoms with Crippen LogP contribution in [0.1, 0.15) is 39.3 Å². The number of hydrogen-bond donors (Lipinski definition) is 0. The SMILES string of the molecule is CC(C)(C)c1cc(OC(=O)C2CC2)n(-c2ccc([N+](=O)[O-])cc2)n1. The van der Waals surface area contributed by atoms with Gasteiger partial charge in [0, 0.05) is 23.6 Å². The lowest BCUT2D eigenvalue weighted by molar-refractivity contribution is -0.384. The number of esters is 1. The normalized spacial score (nSPS) is 14.5. The molecule has 7 nitrogen and oxygen atoms in total. The molecule has 1 aliphatic rings. The molecule has 126 valence electrons. The molecule has 7 heteroatoms. The Kier molecular flexibility index (Phi) is 3.87. The molecule has 1 heterocycles. The van der Waals surface area contributed by atoms with Gasteiger partial charge < -0.3 is 4.74 Å². The van der Waals surface area contributed by atoms with Crippen LogP contribution < -0.4 is 4.74 Å². The molecule has 0 amide bonds. The van der Waals surface area contributed by atoms with Gasteiger partial charge >= 0.3 is 5.97 Å². The molecular formula is C17H19N3O4. The maximum atomic E-state index is 12.0. The molecule has 1 aliphatic carbocycles. The van der Waals surface area contributed by atoms with Gasteiger partial charge in [-0.15, -0.1) is 0 Å². The second kappa shape index (κ2) is 5.74. The van der Waals surface area contributed by atoms with Gasteiger partial charge in [-0.1, -0.05) is 20.8 Å². The Morgan fingerprint density at radius 3 is 2.42 bits per heavy atom. The molecule has 0 spiro atoms. The molecule has 3 rings (SSSR count). The highest BCUT2D eigenvalue weighted by atomic mass is 16.6. The monoisotopic (exact) mass is 329 g/mol. The Morgan fingerprint density at radius 1 is 1.29 bits per heavy atom. The number of nitro groups is 1. The Hall–Kier alpha value is -2.70. The molecule has 0 saturated heterocycles. The number of nitrogens with zero attached hydrogens (tertiary/aromatic N) is 3. The first-order chi connectivity index (χ1) is 11.3. The van der Waals surface area contributed by atoms with E-state index in [1.54, 1.807) is 18.2 Å². The van der Waals surface area contributed by atoms with Gasteiger partial charge in [0.25, 0.3) is 5.69 Å². The molecule has 0 N–H and O–H groups in total. The standard InChI is InChI=1S/C17H19N3O4/c1-17(2,3)14-10-15(24-16(21)11-4-5-11)19(18-14)12-6-8-13(9-7-12)20(22)23/h6-11H,4-5H2,1-3H3. The first-order valence-electron chi connectivity index (χ1n) is 7.83. The number of non-ortho nitro benzene ring substituents is 1. The molecule has 1 aromatic heterocycles. The highest BCUT2D eigenvalue weighted by Crippen LogP contribution is 2.33. The van der Waals surface area contributed by atoms with Crippen LogP contribution in [0.15, 0.2) is 30.3 Å². The van der Waals surface area contributed by atoms with Crippen LogP contribution in [-0.4, -0.2) is 20.7 Å². The van der Waals surface area contributed by atoms with Crippen LogP contribution in [0.4, 0.5) is 5.69 Å². The average Bonchev–Trinajstić information content (AvgIpc) is 3.27. The lowest BCUT2D eigenvalue weighted by Gasteiger charge is -2.13. The summed E-state index contributed by atoms with van der Waals surface area (Å²) in [5.74, 6) is 0.0625. The molecule has 24 heavy (non-hydrogen) atoms. The van der Waals surface area contributed by atoms with Gasteiger partial charge in [-0.3, -0.25) is 14.9 Å². The van der Waals surface area contributed by atoms with Crippen LogP contribution in [0.3, 0.4) is 0 Å². The summed E-state index contributed by atoms with van der Waals surface area (Å²) in [6.45, 7) is 6.05. The minimum atomic E-state index is -0.457. The first kappa shape index (κ1) is 16.2. The average molecular weight is 329 g/mol. The van der Waals surface area contributed by atoms with Crippen LogP contribution in [0.5, 0.6) is 5.88 Å². The van der Waals surface area contributed by atoms with Crippen molar-refractivity contribution in [1.82, 2.24) is 9.78 Å². The summed E-state index contributed by atoms with van der Waals surface area (Å²) in [6.07, 6.45) is 1.72. The van der Waals surface area contributed by atoms with E-state index >= 15 is 0 Å². The van der Waals surface area contributed by atoms with Gasteiger partial charge in [-0.2, -0.15) is 5.10 Å². The zero-order valence-corrected chi connectivity index (χ0v) is 13.9. The van der Waals surface area contributed by atoms with Crippen molar-refractivity contribution in [2.24, 2.45) is 5.92 Å². The van der Waals surface area contributed by atoms with Gasteiger partial charge in [0.1, 0.15) is 0 Å². The van der Waals surface area contributed by atoms with Crippen molar-refractivity contribution in [3.8, 4) is 11.6 Å². The minimum absolute atomic E-state index is 0.00141. The number of hydrogen-bond acceptors (Lipinski definition) is 5. The van der Waals surface area contributed by atoms with E-state index in [1.807, 2.05) is 20.8 Å². The third kappa shape index (κ3) is 3.29. The molecule has 1 fully saturated rings. The number of carbonyl (C=O) groups excluding carboxylic acids is 1. The lowest BCUT2D eigenvalue weighted by Crippen LogP contribution is -2.13. The summed E-state index contributed by atoms with van der Waals surface area (Å²) < 4.78 is 7.02. The quantitative estimate of drug-likeness (QED) is 0.487. The van der Waals surface area contributed by atoms with E-state index in [4.69, 9.17) is 4.74 Å². The molecular weight excluding hydrogens is 310 g/mol. The van der Waals surface area contributed by atoms with E-state index in [0.717, 1.165) is 18.5 Å². The Bertz CT molecular complexity index is 783. The van der Waals surface area contributed by atoms with Crippen molar-refractivity contribution in [2.75, 3.05) is 0 Å². The summed E-state index contributed by atoms with van der Waals surface area (Å²) in [7, 11) is 0. The fourth-order valence-corrected chi connectivity index (χ4v) is 2.21. The smallest absolute Gasteiger partial charge is 0.315 e. The van der Waals surface area contributed by atoms with Crippen molar-refractivity contribution in [2.45, 2.75) is 39.0 Å². The van der Waals surface area contributed by atoms with Crippen LogP contribution in [0, 0.1) is 16.0 Å². The third-order valence-electron chi connectivity index (χ3n) is 3.87. The van der Waals surface area contributed by atoms with Crippen LogP contribution in [0.25, 0.3) is 5.69 Å². The zero-order valence-electron chi connectivity index (χ0n) is 13.9. The van der Waals surface area contributed by atoms with Gasteiger partial charge in [-0.05, 0) is 25.0 Å². The van der Waals surface area contributed by atoms with Crippen molar-refractivity contribution in [3.63, 3.8) is 0 Å². The van der Waals surface area contributed by atoms with Gasteiger partial charge in [0.15, 0.2) is 0 Å². The van der Waals surface area contributed by atoms with E-state index < -0.39 is 4.92 Å². The Balaban J connectivity index is 1.98. The van der Waals surface area contributed by atoms with Crippen molar-refractivity contribution < 1.29 is 14.5 Å². The molecule has 0 unspecified atom stereocenters.